The molecule has 0 aliphatic heterocycles. The topological polar surface area (TPSA) is 83.5 Å². The Morgan fingerprint density at radius 2 is 2.15 bits per heavy atom. The Kier molecular flexibility index (Phi) is 5.33. The lowest BCUT2D eigenvalue weighted by molar-refractivity contribution is -0.135. The lowest BCUT2D eigenvalue weighted by Crippen LogP contribution is -2.31. The summed E-state index contributed by atoms with van der Waals surface area (Å²) < 4.78 is 24.0. The SMILES string of the molecule is C=CCCCS(=O)(=O)NCC(=O)O. The molecule has 0 aliphatic rings. The van der Waals surface area contributed by atoms with Crippen LogP contribution in [0.2, 0.25) is 0 Å². The fourth-order valence-corrected chi connectivity index (χ4v) is 1.70. The molecule has 0 aromatic carbocycles. The minimum absolute atomic E-state index is 0.0632. The van der Waals surface area contributed by atoms with Gasteiger partial charge in [-0.3, -0.25) is 4.79 Å². The van der Waals surface area contributed by atoms with Crippen LogP contribution in [0.1, 0.15) is 12.8 Å². The maximum atomic E-state index is 11.0. The first-order valence-corrected chi connectivity index (χ1v) is 5.43. The van der Waals surface area contributed by atoms with Crippen molar-refractivity contribution in [3.63, 3.8) is 0 Å². The molecule has 6 heteroatoms. The summed E-state index contributed by atoms with van der Waals surface area (Å²) in [7, 11) is -3.43. The first-order chi connectivity index (χ1) is 5.98. The number of hydrogen-bond acceptors (Lipinski definition) is 3. The lowest BCUT2D eigenvalue weighted by Gasteiger charge is -2.02. The molecule has 0 heterocycles. The summed E-state index contributed by atoms with van der Waals surface area (Å²) >= 11 is 0. The summed E-state index contributed by atoms with van der Waals surface area (Å²) in [5.41, 5.74) is 0. The molecule has 2 N–H and O–H groups in total. The summed E-state index contributed by atoms with van der Waals surface area (Å²) in [5.74, 6) is -1.25. The molecule has 0 atom stereocenters. The highest BCUT2D eigenvalue weighted by atomic mass is 32.2. The number of carbonyl (C=O) groups is 1. The van der Waals surface area contributed by atoms with E-state index in [1.807, 2.05) is 4.72 Å². The van der Waals surface area contributed by atoms with Gasteiger partial charge in [-0.25, -0.2) is 13.1 Å². The van der Waals surface area contributed by atoms with Gasteiger partial charge in [-0.05, 0) is 12.8 Å². The number of unbranched alkanes of at least 4 members (excludes halogenated alkanes) is 1. The third-order valence-electron chi connectivity index (χ3n) is 1.26. The van der Waals surface area contributed by atoms with Crippen LogP contribution in [-0.4, -0.2) is 31.8 Å². The van der Waals surface area contributed by atoms with E-state index in [-0.39, 0.29) is 5.75 Å². The minimum Gasteiger partial charge on any atom is -0.480 e. The van der Waals surface area contributed by atoms with Crippen LogP contribution in [0.3, 0.4) is 0 Å². The van der Waals surface area contributed by atoms with Crippen LogP contribution in [-0.2, 0) is 14.8 Å². The van der Waals surface area contributed by atoms with E-state index in [1.165, 1.54) is 0 Å². The molecule has 0 radical (unpaired) electrons. The number of sulfonamides is 1. The molecule has 0 unspecified atom stereocenters. The first-order valence-electron chi connectivity index (χ1n) is 3.78. The van der Waals surface area contributed by atoms with E-state index >= 15 is 0 Å². The summed E-state index contributed by atoms with van der Waals surface area (Å²) in [6.07, 6.45) is 2.68. The van der Waals surface area contributed by atoms with E-state index in [9.17, 15) is 13.2 Å². The van der Waals surface area contributed by atoms with Gasteiger partial charge in [-0.2, -0.15) is 0 Å². The lowest BCUT2D eigenvalue weighted by atomic mass is 10.3. The molecular weight excluding hydrogens is 194 g/mol. The van der Waals surface area contributed by atoms with Crippen LogP contribution in [0, 0.1) is 0 Å². The fourth-order valence-electron chi connectivity index (χ4n) is 0.662. The van der Waals surface area contributed by atoms with E-state index in [2.05, 4.69) is 6.58 Å². The van der Waals surface area contributed by atoms with Crippen LogP contribution < -0.4 is 4.72 Å². The maximum absolute atomic E-state index is 11.0. The van der Waals surface area contributed by atoms with Gasteiger partial charge in [-0.1, -0.05) is 6.08 Å². The summed E-state index contributed by atoms with van der Waals surface area (Å²) in [6, 6.07) is 0. The molecule has 5 nitrogen and oxygen atoms in total. The molecule has 0 bridgehead atoms. The van der Waals surface area contributed by atoms with Gasteiger partial charge in [0.05, 0.1) is 5.75 Å². The normalized spacial score (nSPS) is 11.1. The smallest absolute Gasteiger partial charge is 0.318 e. The number of hydrogen-bond donors (Lipinski definition) is 2. The first kappa shape index (κ1) is 12.1. The Morgan fingerprint density at radius 3 is 2.62 bits per heavy atom. The molecule has 0 amide bonds. The van der Waals surface area contributed by atoms with Crippen molar-refractivity contribution in [2.24, 2.45) is 0 Å². The van der Waals surface area contributed by atoms with Crippen LogP contribution in [0.15, 0.2) is 12.7 Å². The van der Waals surface area contributed by atoms with Gasteiger partial charge in [0.1, 0.15) is 6.54 Å². The van der Waals surface area contributed by atoms with Crippen molar-refractivity contribution in [3.8, 4) is 0 Å². The molecule has 13 heavy (non-hydrogen) atoms. The van der Waals surface area contributed by atoms with Crippen molar-refractivity contribution in [3.05, 3.63) is 12.7 Å². The van der Waals surface area contributed by atoms with E-state index in [1.54, 1.807) is 6.08 Å². The van der Waals surface area contributed by atoms with Crippen LogP contribution in [0.5, 0.6) is 0 Å². The van der Waals surface area contributed by atoms with Gasteiger partial charge in [0, 0.05) is 0 Å². The van der Waals surface area contributed by atoms with E-state index in [0.29, 0.717) is 12.8 Å². The number of aliphatic carboxylic acids is 1. The Bertz CT molecular complexity index is 270. The second-order valence-corrected chi connectivity index (χ2v) is 4.39. The number of nitrogens with one attached hydrogen (secondary N) is 1. The Hall–Kier alpha value is -0.880. The van der Waals surface area contributed by atoms with E-state index < -0.39 is 22.5 Å². The molecule has 0 rings (SSSR count). The van der Waals surface area contributed by atoms with E-state index in [4.69, 9.17) is 5.11 Å². The van der Waals surface area contributed by atoms with Crippen LogP contribution in [0.25, 0.3) is 0 Å². The molecular formula is C7H13NO4S. The second-order valence-electron chi connectivity index (χ2n) is 2.46. The third kappa shape index (κ3) is 7.48. The molecule has 0 saturated heterocycles. The predicted molar refractivity (Wildman–Crippen MR) is 48.9 cm³/mol. The van der Waals surface area contributed by atoms with Crippen molar-refractivity contribution in [1.29, 1.82) is 0 Å². The highest BCUT2D eigenvalue weighted by Crippen LogP contribution is 1.94. The summed E-state index contributed by atoms with van der Waals surface area (Å²) in [5, 5.41) is 8.21. The minimum atomic E-state index is -3.43. The van der Waals surface area contributed by atoms with Crippen molar-refractivity contribution in [2.75, 3.05) is 12.3 Å². The van der Waals surface area contributed by atoms with Crippen LogP contribution in [0.4, 0.5) is 0 Å². The third-order valence-corrected chi connectivity index (χ3v) is 2.67. The maximum Gasteiger partial charge on any atom is 0.318 e. The second kappa shape index (κ2) is 5.71. The number of carboxylic acid groups (broad SMARTS) is 1. The molecule has 76 valence electrons. The van der Waals surface area contributed by atoms with Gasteiger partial charge >= 0.3 is 5.97 Å². The fraction of sp³-hybridized carbons (Fsp3) is 0.571. The average molecular weight is 207 g/mol. The standard InChI is InChI=1S/C7H13NO4S/c1-2-3-4-5-13(11,12)8-6-7(9)10/h2,8H,1,3-6H2,(H,9,10). The Morgan fingerprint density at radius 1 is 1.54 bits per heavy atom. The zero-order valence-corrected chi connectivity index (χ0v) is 8.01. The highest BCUT2D eigenvalue weighted by Gasteiger charge is 2.10. The molecule has 0 aromatic rings. The molecule has 0 aromatic heterocycles. The number of allylic oxidation sites excluding steroid dienone is 1. The van der Waals surface area contributed by atoms with E-state index in [0.717, 1.165) is 0 Å². The molecule has 0 aliphatic carbocycles. The Balaban J connectivity index is 3.80. The Labute approximate surface area is 77.5 Å². The monoisotopic (exact) mass is 207 g/mol. The van der Waals surface area contributed by atoms with Gasteiger partial charge in [0.2, 0.25) is 10.0 Å². The van der Waals surface area contributed by atoms with Crippen molar-refractivity contribution >= 4 is 16.0 Å². The number of carboxylic acids is 1. The zero-order chi connectivity index (χ0) is 10.3. The van der Waals surface area contributed by atoms with Crippen molar-refractivity contribution in [1.82, 2.24) is 4.72 Å². The van der Waals surface area contributed by atoms with Gasteiger partial charge in [0.25, 0.3) is 0 Å². The zero-order valence-electron chi connectivity index (χ0n) is 7.19. The van der Waals surface area contributed by atoms with Crippen LogP contribution >= 0.6 is 0 Å². The quantitative estimate of drug-likeness (QED) is 0.453. The van der Waals surface area contributed by atoms with Crippen molar-refractivity contribution in [2.45, 2.75) is 12.8 Å². The largest absolute Gasteiger partial charge is 0.480 e. The average Bonchev–Trinajstić information content (AvgIpc) is 2.02. The highest BCUT2D eigenvalue weighted by molar-refractivity contribution is 7.89. The predicted octanol–water partition coefficient (Wildman–Crippen LogP) is -0.0434. The number of rotatable bonds is 7. The summed E-state index contributed by atoms with van der Waals surface area (Å²) in [6.45, 7) is 2.89. The van der Waals surface area contributed by atoms with Crippen molar-refractivity contribution < 1.29 is 18.3 Å². The molecule has 0 spiro atoms. The summed E-state index contributed by atoms with van der Waals surface area (Å²) in [4.78, 5) is 10.0. The van der Waals surface area contributed by atoms with Gasteiger partial charge in [-0.15, -0.1) is 6.58 Å². The van der Waals surface area contributed by atoms with Gasteiger partial charge in [0.15, 0.2) is 0 Å². The van der Waals surface area contributed by atoms with Gasteiger partial charge < -0.3 is 5.11 Å². The molecule has 0 fully saturated rings. The molecule has 0 saturated carbocycles.